The van der Waals surface area contributed by atoms with Crippen LogP contribution in [-0.4, -0.2) is 32.7 Å². The first kappa shape index (κ1) is 24.4. The molecule has 0 unspecified atom stereocenters. The van der Waals surface area contributed by atoms with Gasteiger partial charge in [0.1, 0.15) is 11.4 Å². The summed E-state index contributed by atoms with van der Waals surface area (Å²) in [5.74, 6) is 1.22. The highest BCUT2D eigenvalue weighted by Gasteiger charge is 2.21. The molecule has 0 saturated carbocycles. The molecule has 10 heteroatoms. The van der Waals surface area contributed by atoms with Crippen LogP contribution in [0.3, 0.4) is 0 Å². The molecule has 4 rings (SSSR count). The Morgan fingerprint density at radius 1 is 1.06 bits per heavy atom. The van der Waals surface area contributed by atoms with Crippen molar-refractivity contribution in [2.24, 2.45) is 0 Å². The topological polar surface area (TPSA) is 121 Å². The molecular formula is C26H25N5O5. The summed E-state index contributed by atoms with van der Waals surface area (Å²) in [6, 6.07) is 15.9. The first-order chi connectivity index (χ1) is 17.2. The summed E-state index contributed by atoms with van der Waals surface area (Å²) >= 11 is 0. The lowest BCUT2D eigenvalue weighted by Gasteiger charge is -2.11. The van der Waals surface area contributed by atoms with Crippen LogP contribution in [-0.2, 0) is 6.54 Å². The lowest BCUT2D eigenvalue weighted by Crippen LogP contribution is -2.12. The van der Waals surface area contributed by atoms with Gasteiger partial charge in [-0.2, -0.15) is 5.10 Å². The molecule has 0 radical (unpaired) electrons. The van der Waals surface area contributed by atoms with Crippen LogP contribution in [0, 0.1) is 30.9 Å². The van der Waals surface area contributed by atoms with E-state index in [-0.39, 0.29) is 11.6 Å². The molecule has 4 aromatic rings. The molecule has 2 aromatic carbocycles. The van der Waals surface area contributed by atoms with Gasteiger partial charge in [0.25, 0.3) is 5.91 Å². The smallest absolute Gasteiger partial charge is 0.312 e. The van der Waals surface area contributed by atoms with Crippen LogP contribution in [0.25, 0.3) is 0 Å². The maximum atomic E-state index is 12.7. The van der Waals surface area contributed by atoms with Gasteiger partial charge in [0, 0.05) is 11.6 Å². The number of nitrogens with zero attached hydrogens (tertiary/aromatic N) is 4. The van der Waals surface area contributed by atoms with Crippen LogP contribution in [0.2, 0.25) is 0 Å². The molecule has 1 amide bonds. The van der Waals surface area contributed by atoms with Crippen molar-refractivity contribution in [3.8, 4) is 17.4 Å². The summed E-state index contributed by atoms with van der Waals surface area (Å²) in [5.41, 5.74) is 3.77. The van der Waals surface area contributed by atoms with Crippen LogP contribution in [0.1, 0.15) is 32.9 Å². The van der Waals surface area contributed by atoms with E-state index in [4.69, 9.17) is 9.47 Å². The van der Waals surface area contributed by atoms with E-state index in [1.165, 1.54) is 6.20 Å². The molecule has 2 aromatic heterocycles. The van der Waals surface area contributed by atoms with Crippen molar-refractivity contribution in [3.63, 3.8) is 0 Å². The van der Waals surface area contributed by atoms with Gasteiger partial charge in [-0.3, -0.25) is 19.6 Å². The number of methoxy groups -OCH3 is 1. The number of ether oxygens (including phenoxy) is 2. The van der Waals surface area contributed by atoms with Crippen LogP contribution >= 0.6 is 0 Å². The first-order valence-corrected chi connectivity index (χ1v) is 11.1. The number of amides is 1. The zero-order valence-corrected chi connectivity index (χ0v) is 20.3. The number of nitro groups is 1. The summed E-state index contributed by atoms with van der Waals surface area (Å²) in [7, 11) is 1.58. The molecule has 0 spiro atoms. The molecule has 36 heavy (non-hydrogen) atoms. The first-order valence-electron chi connectivity index (χ1n) is 11.1. The molecule has 0 fully saturated rings. The molecule has 0 aliphatic heterocycles. The van der Waals surface area contributed by atoms with Crippen LogP contribution in [0.15, 0.2) is 60.8 Å². The highest BCUT2D eigenvalue weighted by atomic mass is 16.6. The molecule has 1 N–H and O–H groups in total. The van der Waals surface area contributed by atoms with E-state index in [0.29, 0.717) is 46.6 Å². The van der Waals surface area contributed by atoms with Gasteiger partial charge in [-0.1, -0.05) is 18.2 Å². The highest BCUT2D eigenvalue weighted by Crippen LogP contribution is 2.31. The largest absolute Gasteiger partial charge is 0.493 e. The number of hydrogen-bond donors (Lipinski definition) is 1. The number of rotatable bonds is 8. The van der Waals surface area contributed by atoms with Crippen molar-refractivity contribution in [2.45, 2.75) is 27.3 Å². The minimum absolute atomic E-state index is 0.0222. The average molecular weight is 488 g/mol. The second kappa shape index (κ2) is 10.3. The van der Waals surface area contributed by atoms with Crippen LogP contribution in [0.4, 0.5) is 11.4 Å². The Hall–Kier alpha value is -4.73. The number of aromatic nitrogens is 3. The number of carbonyl (C=O) groups excluding carboxylic acids is 1. The highest BCUT2D eigenvalue weighted by molar-refractivity contribution is 6.04. The zero-order valence-electron chi connectivity index (χ0n) is 20.3. The van der Waals surface area contributed by atoms with E-state index >= 15 is 0 Å². The van der Waals surface area contributed by atoms with Crippen LogP contribution < -0.4 is 14.8 Å². The van der Waals surface area contributed by atoms with Crippen molar-refractivity contribution >= 4 is 17.3 Å². The van der Waals surface area contributed by atoms with E-state index in [1.54, 1.807) is 62.0 Å². The third-order valence-corrected chi connectivity index (χ3v) is 5.60. The number of pyridine rings is 1. The number of hydrogen-bond acceptors (Lipinski definition) is 7. The second-order valence-corrected chi connectivity index (χ2v) is 8.23. The van der Waals surface area contributed by atoms with Crippen molar-refractivity contribution in [3.05, 3.63) is 99.0 Å². The van der Waals surface area contributed by atoms with Crippen LogP contribution in [0.5, 0.6) is 17.4 Å². The minimum Gasteiger partial charge on any atom is -0.493 e. The summed E-state index contributed by atoms with van der Waals surface area (Å²) in [6.07, 6.45) is 1.51. The number of aryl methyl sites for hydroxylation is 2. The van der Waals surface area contributed by atoms with Gasteiger partial charge in [0.2, 0.25) is 5.88 Å². The fourth-order valence-corrected chi connectivity index (χ4v) is 3.73. The van der Waals surface area contributed by atoms with Crippen molar-refractivity contribution in [2.75, 3.05) is 12.4 Å². The number of nitrogens with one attached hydrogen (secondary N) is 1. The number of benzene rings is 2. The fourth-order valence-electron chi connectivity index (χ4n) is 3.73. The van der Waals surface area contributed by atoms with Gasteiger partial charge >= 0.3 is 5.69 Å². The monoisotopic (exact) mass is 487 g/mol. The van der Waals surface area contributed by atoms with E-state index in [1.807, 2.05) is 25.1 Å². The Bertz CT molecular complexity index is 1410. The molecule has 0 aliphatic rings. The van der Waals surface area contributed by atoms with Gasteiger partial charge in [-0.25, -0.2) is 4.98 Å². The van der Waals surface area contributed by atoms with E-state index in [2.05, 4.69) is 15.4 Å². The Labute approximate surface area is 207 Å². The SMILES string of the molecule is COc1cc(C)ccc1Oc1ccc(NC(=O)c2ccc(Cn3nc(C)c([N+](=O)[O-])c3C)cc2)cn1. The Balaban J connectivity index is 1.39. The molecule has 10 nitrogen and oxygen atoms in total. The molecule has 0 bridgehead atoms. The summed E-state index contributed by atoms with van der Waals surface area (Å²) in [6.45, 7) is 5.61. The van der Waals surface area contributed by atoms with Crippen molar-refractivity contribution in [1.82, 2.24) is 14.8 Å². The summed E-state index contributed by atoms with van der Waals surface area (Å²) in [5, 5.41) is 18.3. The second-order valence-electron chi connectivity index (χ2n) is 8.23. The van der Waals surface area contributed by atoms with Gasteiger partial charge in [0.15, 0.2) is 11.5 Å². The summed E-state index contributed by atoms with van der Waals surface area (Å²) < 4.78 is 12.7. The number of anilines is 1. The molecule has 0 saturated heterocycles. The van der Waals surface area contributed by atoms with E-state index < -0.39 is 4.92 Å². The third kappa shape index (κ3) is 5.33. The standard InChI is InChI=1S/C26H25N5O5/c1-16-5-11-22(23(13-16)35-4)36-24-12-10-21(14-27-24)28-26(32)20-8-6-19(7-9-20)15-30-18(3)25(31(33)34)17(2)29-30/h5-14H,15H2,1-4H3,(H,28,32). The predicted octanol–water partition coefficient (Wildman–Crippen LogP) is 5.21. The van der Waals surface area contributed by atoms with Crippen molar-refractivity contribution < 1.29 is 19.2 Å². The fraction of sp³-hybridized carbons (Fsp3) is 0.192. The van der Waals surface area contributed by atoms with Gasteiger partial charge in [-0.15, -0.1) is 0 Å². The average Bonchev–Trinajstić information content (AvgIpc) is 3.14. The molecule has 2 heterocycles. The third-order valence-electron chi connectivity index (χ3n) is 5.60. The Kier molecular flexibility index (Phi) is 6.95. The quantitative estimate of drug-likeness (QED) is 0.267. The summed E-state index contributed by atoms with van der Waals surface area (Å²) in [4.78, 5) is 27.7. The maximum absolute atomic E-state index is 12.7. The van der Waals surface area contributed by atoms with Gasteiger partial charge in [-0.05, 0) is 62.2 Å². The lowest BCUT2D eigenvalue weighted by molar-refractivity contribution is -0.386. The van der Waals surface area contributed by atoms with Gasteiger partial charge in [0.05, 0.1) is 30.5 Å². The Morgan fingerprint density at radius 2 is 1.81 bits per heavy atom. The molecule has 0 atom stereocenters. The van der Waals surface area contributed by atoms with Crippen molar-refractivity contribution in [1.29, 1.82) is 0 Å². The molecule has 0 aliphatic carbocycles. The Morgan fingerprint density at radius 3 is 2.42 bits per heavy atom. The molecular weight excluding hydrogens is 462 g/mol. The maximum Gasteiger partial charge on any atom is 0.312 e. The van der Waals surface area contributed by atoms with E-state index in [0.717, 1.165) is 11.1 Å². The minimum atomic E-state index is -0.422. The normalized spacial score (nSPS) is 10.7. The molecule has 184 valence electrons. The number of carbonyl (C=O) groups is 1. The zero-order chi connectivity index (χ0) is 25.8. The van der Waals surface area contributed by atoms with Gasteiger partial charge < -0.3 is 14.8 Å². The lowest BCUT2D eigenvalue weighted by atomic mass is 10.1. The van der Waals surface area contributed by atoms with E-state index in [9.17, 15) is 14.9 Å². The predicted molar refractivity (Wildman–Crippen MR) is 134 cm³/mol.